The highest BCUT2D eigenvalue weighted by Crippen LogP contribution is 2.44. The number of hydrogen-bond donors (Lipinski definition) is 0. The van der Waals surface area contributed by atoms with Crippen molar-refractivity contribution in [2.24, 2.45) is 0 Å². The molecule has 7 heteroatoms. The third-order valence-electron chi connectivity index (χ3n) is 3.96. The maximum Gasteiger partial charge on any atom is 0.436 e. The number of methoxy groups -OCH3 is 1. The van der Waals surface area contributed by atoms with Crippen molar-refractivity contribution >= 4 is 18.1 Å². The molecule has 2 rings (SSSR count). The largest absolute Gasteiger partial charge is 0.451 e. The summed E-state index contributed by atoms with van der Waals surface area (Å²) in [7, 11) is 1.14. The first-order valence-electron chi connectivity index (χ1n) is 7.51. The van der Waals surface area contributed by atoms with Crippen molar-refractivity contribution in [1.29, 1.82) is 0 Å². The summed E-state index contributed by atoms with van der Waals surface area (Å²) >= 11 is 0. The lowest BCUT2D eigenvalue weighted by Crippen LogP contribution is -2.77. The molecular formula is C17H20N2O5. The van der Waals surface area contributed by atoms with Crippen LogP contribution in [0.1, 0.15) is 24.5 Å². The molecule has 7 nitrogen and oxygen atoms in total. The maximum atomic E-state index is 12.8. The van der Waals surface area contributed by atoms with Gasteiger partial charge in [-0.15, -0.1) is 5.01 Å². The number of imide groups is 1. The summed E-state index contributed by atoms with van der Waals surface area (Å²) in [6.07, 6.45) is -0.0654. The molecule has 1 aromatic rings. The summed E-state index contributed by atoms with van der Waals surface area (Å²) in [5, 5.41) is 1.68. The van der Waals surface area contributed by atoms with Gasteiger partial charge >= 0.3 is 12.2 Å². The fourth-order valence-electron chi connectivity index (χ4n) is 2.82. The van der Waals surface area contributed by atoms with Gasteiger partial charge in [-0.05, 0) is 18.9 Å². The SMILES string of the molecule is C=CCOC(=O)N1N(C(=O)OC)C(=O)[C@@]1(CC)c1cccc(C)c1. The number of nitrogens with zero attached hydrogens (tertiary/aromatic N) is 2. The van der Waals surface area contributed by atoms with Crippen molar-refractivity contribution in [2.45, 2.75) is 25.8 Å². The van der Waals surface area contributed by atoms with Crippen molar-refractivity contribution in [3.05, 3.63) is 48.0 Å². The van der Waals surface area contributed by atoms with E-state index in [9.17, 15) is 14.4 Å². The third-order valence-corrected chi connectivity index (χ3v) is 3.96. The summed E-state index contributed by atoms with van der Waals surface area (Å²) < 4.78 is 9.65. The monoisotopic (exact) mass is 332 g/mol. The van der Waals surface area contributed by atoms with Gasteiger partial charge in [-0.3, -0.25) is 4.79 Å². The molecule has 1 atom stereocenters. The Balaban J connectivity index is 2.51. The number of rotatable bonds is 4. The van der Waals surface area contributed by atoms with Crippen LogP contribution in [0, 0.1) is 6.92 Å². The number of benzene rings is 1. The summed E-state index contributed by atoms with van der Waals surface area (Å²) in [5.41, 5.74) is 0.258. The topological polar surface area (TPSA) is 76.2 Å². The predicted octanol–water partition coefficient (Wildman–Crippen LogP) is 2.75. The zero-order valence-corrected chi connectivity index (χ0v) is 13.9. The Labute approximate surface area is 140 Å². The molecule has 0 radical (unpaired) electrons. The number of ether oxygens (including phenoxy) is 2. The van der Waals surface area contributed by atoms with Crippen LogP contribution >= 0.6 is 0 Å². The summed E-state index contributed by atoms with van der Waals surface area (Å²) in [6.45, 7) is 7.09. The van der Waals surface area contributed by atoms with Crippen molar-refractivity contribution in [1.82, 2.24) is 10.0 Å². The Morgan fingerprint density at radius 3 is 2.58 bits per heavy atom. The molecule has 128 valence electrons. The second-order valence-electron chi connectivity index (χ2n) is 5.35. The minimum atomic E-state index is -1.29. The first-order chi connectivity index (χ1) is 11.4. The normalized spacial score (nSPS) is 19.5. The van der Waals surface area contributed by atoms with E-state index in [1.54, 1.807) is 19.1 Å². The summed E-state index contributed by atoms with van der Waals surface area (Å²) in [5.74, 6) is -0.530. The first-order valence-corrected chi connectivity index (χ1v) is 7.51. The quantitative estimate of drug-likeness (QED) is 0.793. The molecule has 0 unspecified atom stereocenters. The van der Waals surface area contributed by atoms with E-state index in [-0.39, 0.29) is 13.0 Å². The zero-order valence-electron chi connectivity index (χ0n) is 13.9. The van der Waals surface area contributed by atoms with E-state index in [0.29, 0.717) is 10.6 Å². The summed E-state index contributed by atoms with van der Waals surface area (Å²) in [4.78, 5) is 37.1. The first kappa shape index (κ1) is 17.5. The molecule has 1 saturated heterocycles. The number of hydrazine groups is 1. The Kier molecular flexibility index (Phi) is 4.92. The van der Waals surface area contributed by atoms with Crippen LogP contribution in [0.3, 0.4) is 0 Å². The van der Waals surface area contributed by atoms with Crippen molar-refractivity contribution in [2.75, 3.05) is 13.7 Å². The molecule has 1 aromatic carbocycles. The lowest BCUT2D eigenvalue weighted by molar-refractivity contribution is -0.202. The van der Waals surface area contributed by atoms with E-state index in [0.717, 1.165) is 17.7 Å². The molecule has 0 spiro atoms. The zero-order chi connectivity index (χ0) is 17.9. The van der Waals surface area contributed by atoms with Gasteiger partial charge in [0, 0.05) is 0 Å². The van der Waals surface area contributed by atoms with Crippen LogP contribution < -0.4 is 0 Å². The van der Waals surface area contributed by atoms with Crippen LogP contribution in [0.15, 0.2) is 36.9 Å². The highest BCUT2D eigenvalue weighted by atomic mass is 16.6. The van der Waals surface area contributed by atoms with Crippen LogP contribution in [-0.2, 0) is 19.8 Å². The van der Waals surface area contributed by atoms with Gasteiger partial charge < -0.3 is 9.47 Å². The number of hydrogen-bond acceptors (Lipinski definition) is 5. The molecular weight excluding hydrogens is 312 g/mol. The smallest absolute Gasteiger partial charge is 0.436 e. The number of carbonyl (C=O) groups excluding carboxylic acids is 3. The van der Waals surface area contributed by atoms with Gasteiger partial charge in [-0.2, -0.15) is 5.01 Å². The van der Waals surface area contributed by atoms with E-state index in [1.165, 1.54) is 6.08 Å². The molecule has 1 aliphatic rings. The fourth-order valence-corrected chi connectivity index (χ4v) is 2.82. The minimum Gasteiger partial charge on any atom is -0.451 e. The number of aryl methyl sites for hydroxylation is 1. The van der Waals surface area contributed by atoms with Gasteiger partial charge in [0.2, 0.25) is 0 Å². The van der Waals surface area contributed by atoms with Gasteiger partial charge in [-0.1, -0.05) is 49.4 Å². The third kappa shape index (κ3) is 2.51. The molecule has 1 aliphatic heterocycles. The molecule has 0 saturated carbocycles. The second kappa shape index (κ2) is 6.74. The molecule has 0 aromatic heterocycles. The Morgan fingerprint density at radius 2 is 2.04 bits per heavy atom. The average molecular weight is 332 g/mol. The van der Waals surface area contributed by atoms with Crippen molar-refractivity contribution < 1.29 is 23.9 Å². The predicted molar refractivity (Wildman–Crippen MR) is 85.8 cm³/mol. The Bertz CT molecular complexity index is 687. The van der Waals surface area contributed by atoms with Crippen LogP contribution in [0.25, 0.3) is 0 Å². The molecule has 1 fully saturated rings. The van der Waals surface area contributed by atoms with E-state index in [4.69, 9.17) is 4.74 Å². The van der Waals surface area contributed by atoms with Crippen LogP contribution in [0.4, 0.5) is 9.59 Å². The molecule has 3 amide bonds. The fraction of sp³-hybridized carbons (Fsp3) is 0.353. The van der Waals surface area contributed by atoms with Crippen molar-refractivity contribution in [3.63, 3.8) is 0 Å². The molecule has 0 aliphatic carbocycles. The van der Waals surface area contributed by atoms with E-state index >= 15 is 0 Å². The Hall–Kier alpha value is -2.83. The van der Waals surface area contributed by atoms with Gasteiger partial charge in [0.1, 0.15) is 6.61 Å². The minimum absolute atomic E-state index is 0.0356. The average Bonchev–Trinajstić information content (AvgIpc) is 2.58. The number of amides is 3. The van der Waals surface area contributed by atoms with Crippen LogP contribution in [0.5, 0.6) is 0 Å². The highest BCUT2D eigenvalue weighted by Gasteiger charge is 2.65. The van der Waals surface area contributed by atoms with Crippen LogP contribution in [-0.4, -0.2) is 41.8 Å². The van der Waals surface area contributed by atoms with Gasteiger partial charge in [-0.25, -0.2) is 9.59 Å². The molecule has 24 heavy (non-hydrogen) atoms. The molecule has 1 heterocycles. The molecule has 0 N–H and O–H groups in total. The van der Waals surface area contributed by atoms with E-state index in [2.05, 4.69) is 11.3 Å². The van der Waals surface area contributed by atoms with Crippen LogP contribution in [0.2, 0.25) is 0 Å². The van der Waals surface area contributed by atoms with Gasteiger partial charge in [0.15, 0.2) is 5.54 Å². The Morgan fingerprint density at radius 1 is 1.33 bits per heavy atom. The van der Waals surface area contributed by atoms with E-state index in [1.807, 2.05) is 19.1 Å². The van der Waals surface area contributed by atoms with Crippen molar-refractivity contribution in [3.8, 4) is 0 Å². The van der Waals surface area contributed by atoms with E-state index < -0.39 is 23.6 Å². The second-order valence-corrected chi connectivity index (χ2v) is 5.35. The van der Waals surface area contributed by atoms with Gasteiger partial charge in [0.25, 0.3) is 5.91 Å². The standard InChI is InChI=1S/C17H20N2O5/c1-5-10-24-16(22)19-17(6-2,13-9-7-8-12(3)11-13)14(20)18(19)15(21)23-4/h5,7-9,11H,1,6,10H2,2-4H3/t17-/m1/s1. The maximum absolute atomic E-state index is 12.8. The highest BCUT2D eigenvalue weighted by molar-refractivity contribution is 6.06. The summed E-state index contributed by atoms with van der Waals surface area (Å²) in [6, 6.07) is 7.23. The molecule has 0 bridgehead atoms. The lowest BCUT2D eigenvalue weighted by atomic mass is 9.81. The number of carbonyl (C=O) groups is 3. The van der Waals surface area contributed by atoms with Gasteiger partial charge in [0.05, 0.1) is 7.11 Å². The lowest BCUT2D eigenvalue weighted by Gasteiger charge is -2.54.